The lowest BCUT2D eigenvalue weighted by Crippen LogP contribution is -2.48. The number of para-hydroxylation sites is 1. The van der Waals surface area contributed by atoms with Gasteiger partial charge in [0.1, 0.15) is 24.3 Å². The number of amidine groups is 1. The number of hydrogen-bond donors (Lipinski definition) is 1. The summed E-state index contributed by atoms with van der Waals surface area (Å²) in [5.74, 6) is 2.17. The van der Waals surface area contributed by atoms with E-state index >= 15 is 0 Å². The van der Waals surface area contributed by atoms with Gasteiger partial charge in [0.15, 0.2) is 0 Å². The largest absolute Gasteiger partial charge is 0.493 e. The van der Waals surface area contributed by atoms with Crippen molar-refractivity contribution in [3.63, 3.8) is 0 Å². The number of ether oxygens (including phenoxy) is 1. The van der Waals surface area contributed by atoms with Crippen molar-refractivity contribution in [2.45, 2.75) is 44.1 Å². The highest BCUT2D eigenvalue weighted by Crippen LogP contribution is 2.48. The molecule has 192 valence electrons. The van der Waals surface area contributed by atoms with Gasteiger partial charge in [0.05, 0.1) is 19.2 Å². The number of nitrogens with two attached hydrogens (primary N) is 1. The highest BCUT2D eigenvalue weighted by Gasteiger charge is 2.52. The molecule has 1 fully saturated rings. The molecule has 0 unspecified atom stereocenters. The van der Waals surface area contributed by atoms with Crippen LogP contribution >= 0.6 is 0 Å². The molecule has 3 aromatic carbocycles. The van der Waals surface area contributed by atoms with Crippen LogP contribution in [0.2, 0.25) is 0 Å². The fourth-order valence-corrected chi connectivity index (χ4v) is 6.58. The van der Waals surface area contributed by atoms with Crippen molar-refractivity contribution in [2.75, 3.05) is 26.2 Å². The van der Waals surface area contributed by atoms with Crippen molar-refractivity contribution in [3.05, 3.63) is 102 Å². The molecule has 1 amide bonds. The van der Waals surface area contributed by atoms with Gasteiger partial charge in [0.2, 0.25) is 11.7 Å². The minimum Gasteiger partial charge on any atom is -0.493 e. The van der Waals surface area contributed by atoms with E-state index in [0.29, 0.717) is 12.6 Å². The molecule has 2 N–H and O–H groups in total. The number of rotatable bonds is 10. The summed E-state index contributed by atoms with van der Waals surface area (Å²) in [6.07, 6.45) is 3.99. The summed E-state index contributed by atoms with van der Waals surface area (Å²) in [5.41, 5.74) is 7.48. The Morgan fingerprint density at radius 2 is 1.54 bits per heavy atom. The van der Waals surface area contributed by atoms with Crippen LogP contribution in [0.15, 0.2) is 91.0 Å². The number of nitrogens with zero attached hydrogens (tertiary/aromatic N) is 2. The molecule has 0 aromatic heterocycles. The molecular formula is C32H38N3O2+. The van der Waals surface area contributed by atoms with Gasteiger partial charge in [-0.15, -0.1) is 0 Å². The minimum atomic E-state index is -0.820. The van der Waals surface area contributed by atoms with Gasteiger partial charge < -0.3 is 10.5 Å². The first-order valence-corrected chi connectivity index (χ1v) is 13.5. The van der Waals surface area contributed by atoms with Crippen molar-refractivity contribution in [2.24, 2.45) is 11.7 Å². The third-order valence-electron chi connectivity index (χ3n) is 8.37. The molecule has 5 heteroatoms. The van der Waals surface area contributed by atoms with Crippen molar-refractivity contribution < 1.29 is 14.1 Å². The molecule has 1 aliphatic heterocycles. The Morgan fingerprint density at radius 1 is 0.946 bits per heavy atom. The van der Waals surface area contributed by atoms with Crippen molar-refractivity contribution in [3.8, 4) is 5.75 Å². The van der Waals surface area contributed by atoms with Crippen LogP contribution in [0.5, 0.6) is 5.75 Å². The average Bonchev–Trinajstić information content (AvgIpc) is 3.56. The maximum Gasteiger partial charge on any atom is 0.244 e. The topological polar surface area (TPSA) is 58.6 Å². The van der Waals surface area contributed by atoms with Gasteiger partial charge in [-0.3, -0.25) is 14.3 Å². The number of primary amides is 1. The second-order valence-electron chi connectivity index (χ2n) is 10.3. The number of benzene rings is 3. The van der Waals surface area contributed by atoms with Gasteiger partial charge in [0.25, 0.3) is 0 Å². The number of hydrogen-bond acceptors (Lipinski definition) is 3. The van der Waals surface area contributed by atoms with Crippen LogP contribution in [-0.2, 0) is 10.2 Å². The highest BCUT2D eigenvalue weighted by molar-refractivity contribution is 5.91. The van der Waals surface area contributed by atoms with E-state index in [1.807, 2.05) is 66.7 Å². The van der Waals surface area contributed by atoms with Crippen LogP contribution in [0.1, 0.15) is 43.7 Å². The summed E-state index contributed by atoms with van der Waals surface area (Å²) in [6.45, 7) is 6.02. The zero-order valence-electron chi connectivity index (χ0n) is 21.8. The summed E-state index contributed by atoms with van der Waals surface area (Å²) in [6, 6.07) is 30.8. The van der Waals surface area contributed by atoms with Crippen LogP contribution in [0, 0.1) is 5.92 Å². The number of amides is 1. The van der Waals surface area contributed by atoms with Crippen LogP contribution in [0.25, 0.3) is 0 Å². The molecule has 2 aliphatic rings. The van der Waals surface area contributed by atoms with E-state index in [4.69, 9.17) is 10.5 Å². The van der Waals surface area contributed by atoms with Crippen molar-refractivity contribution in [1.82, 2.24) is 4.90 Å². The third kappa shape index (κ3) is 5.00. The minimum absolute atomic E-state index is 0.154. The van der Waals surface area contributed by atoms with Crippen molar-refractivity contribution in [1.29, 1.82) is 0 Å². The van der Waals surface area contributed by atoms with Crippen LogP contribution in [-0.4, -0.2) is 53.5 Å². The van der Waals surface area contributed by atoms with Gasteiger partial charge in [-0.25, -0.2) is 0 Å². The molecule has 3 aromatic rings. The summed E-state index contributed by atoms with van der Waals surface area (Å²) in [4.78, 5) is 16.0. The van der Waals surface area contributed by atoms with E-state index < -0.39 is 5.41 Å². The Balaban J connectivity index is 1.30. The lowest BCUT2D eigenvalue weighted by Gasteiger charge is -2.37. The van der Waals surface area contributed by atoms with Crippen LogP contribution in [0.3, 0.4) is 0 Å². The van der Waals surface area contributed by atoms with E-state index in [9.17, 15) is 4.79 Å². The molecule has 0 bridgehead atoms. The predicted octanol–water partition coefficient (Wildman–Crippen LogP) is 4.84. The van der Waals surface area contributed by atoms with Crippen LogP contribution in [0.4, 0.5) is 0 Å². The average molecular weight is 497 g/mol. The lowest BCUT2D eigenvalue weighted by atomic mass is 9.64. The normalized spacial score (nSPS) is 19.9. The Labute approximate surface area is 220 Å². The van der Waals surface area contributed by atoms with Crippen molar-refractivity contribution >= 4 is 11.7 Å². The zero-order valence-corrected chi connectivity index (χ0v) is 21.8. The zero-order chi connectivity index (χ0) is 25.7. The monoisotopic (exact) mass is 496 g/mol. The molecule has 0 radical (unpaired) electrons. The van der Waals surface area contributed by atoms with Gasteiger partial charge in [0, 0.05) is 13.3 Å². The second kappa shape index (κ2) is 11.2. The first-order valence-electron chi connectivity index (χ1n) is 13.5. The Kier molecular flexibility index (Phi) is 7.59. The molecule has 1 heterocycles. The fraction of sp³-hybridized carbons (Fsp3) is 0.375. The lowest BCUT2D eigenvalue weighted by molar-refractivity contribution is -0.519. The summed E-state index contributed by atoms with van der Waals surface area (Å²) >= 11 is 0. The summed E-state index contributed by atoms with van der Waals surface area (Å²) < 4.78 is 8.38. The Hall–Kier alpha value is -3.60. The Bertz CT molecular complexity index is 1170. The molecule has 0 saturated heterocycles. The first kappa shape index (κ1) is 25.1. The second-order valence-corrected chi connectivity index (χ2v) is 10.3. The first-order chi connectivity index (χ1) is 18.1. The van der Waals surface area contributed by atoms with Crippen LogP contribution < -0.4 is 10.5 Å². The Morgan fingerprint density at radius 3 is 2.14 bits per heavy atom. The molecule has 37 heavy (non-hydrogen) atoms. The molecule has 1 aliphatic carbocycles. The molecule has 1 saturated carbocycles. The van der Waals surface area contributed by atoms with Gasteiger partial charge in [-0.05, 0) is 48.4 Å². The molecular weight excluding hydrogens is 458 g/mol. The smallest absolute Gasteiger partial charge is 0.244 e. The molecule has 0 spiro atoms. The highest BCUT2D eigenvalue weighted by atomic mass is 16.5. The molecule has 5 rings (SSSR count). The maximum atomic E-state index is 13.4. The van der Waals surface area contributed by atoms with E-state index in [0.717, 1.165) is 62.2 Å². The molecule has 2 atom stereocenters. The summed E-state index contributed by atoms with van der Waals surface area (Å²) in [7, 11) is 0. The summed E-state index contributed by atoms with van der Waals surface area (Å²) in [5, 5.41) is 0. The number of carbonyl (C=O) groups is 1. The van der Waals surface area contributed by atoms with E-state index in [1.165, 1.54) is 5.84 Å². The molecule has 5 nitrogen and oxygen atoms in total. The maximum absolute atomic E-state index is 13.4. The SMILES string of the molecule is CC1=[N+](CCCOc2ccccc2)CCN1[C@@H]1CC[C@H](C(C(N)=O)(c2ccccc2)c2ccccc2)C1. The van der Waals surface area contributed by atoms with Gasteiger partial charge >= 0.3 is 0 Å². The van der Waals surface area contributed by atoms with E-state index in [1.54, 1.807) is 0 Å². The number of carbonyl (C=O) groups excluding carboxylic acids is 1. The fourth-order valence-electron chi connectivity index (χ4n) is 6.58. The van der Waals surface area contributed by atoms with Gasteiger partial charge in [-0.2, -0.15) is 0 Å². The third-order valence-corrected chi connectivity index (χ3v) is 8.37. The van der Waals surface area contributed by atoms with Gasteiger partial charge in [-0.1, -0.05) is 78.9 Å². The van der Waals surface area contributed by atoms with E-state index in [2.05, 4.69) is 40.7 Å². The van der Waals surface area contributed by atoms with E-state index in [-0.39, 0.29) is 11.8 Å². The standard InChI is InChI=1S/C32H37N3O2/c1-25-34(20-11-23-37-30-16-9-4-10-17-30)21-22-35(25)29-19-18-28(24-29)32(31(33)36,26-12-5-2-6-13-26)27-14-7-3-8-15-27/h2-10,12-17,28-29H,11,18-24H2,1H3,(H-,33,36)/p+1/t28-,29+/m0/s1. The predicted molar refractivity (Wildman–Crippen MR) is 148 cm³/mol. The quantitative estimate of drug-likeness (QED) is 0.323.